The number of unbranched alkanes of at least 4 members (excludes halogenated alkanes) is 12. The predicted octanol–water partition coefficient (Wildman–Crippen LogP) is 8.57. The van der Waals surface area contributed by atoms with Gasteiger partial charge in [0.15, 0.2) is 0 Å². The van der Waals surface area contributed by atoms with Crippen LogP contribution in [0.1, 0.15) is 110 Å². The molecule has 26 heavy (non-hydrogen) atoms. The second kappa shape index (κ2) is 15.6. The summed E-state index contributed by atoms with van der Waals surface area (Å²) < 4.78 is 6.03. The first-order valence-electron chi connectivity index (χ1n) is 11.2. The maximum Gasteiger partial charge on any atom is 0.0991 e. The Bertz CT molecular complexity index is 399. The molecule has 1 nitrogen and oxygen atoms in total. The summed E-state index contributed by atoms with van der Waals surface area (Å²) in [6.45, 7) is 9.54. The lowest BCUT2D eigenvalue weighted by Crippen LogP contribution is -2.11. The third-order valence-corrected chi connectivity index (χ3v) is 6.12. The Morgan fingerprint density at radius 3 is 1.81 bits per heavy atom. The molecular weight excluding hydrogens is 340 g/mol. The Kier molecular flexibility index (Phi) is 14.2. The average Bonchev–Trinajstić information content (AvgIpc) is 2.64. The summed E-state index contributed by atoms with van der Waals surface area (Å²) in [4.78, 5) is 0. The van der Waals surface area contributed by atoms with Crippen LogP contribution >= 0.6 is 11.6 Å². The summed E-state index contributed by atoms with van der Waals surface area (Å²) in [7, 11) is 0. The van der Waals surface area contributed by atoms with Crippen molar-refractivity contribution in [3.8, 4) is 0 Å². The van der Waals surface area contributed by atoms with Crippen LogP contribution in [0.15, 0.2) is 23.5 Å². The highest BCUT2D eigenvalue weighted by molar-refractivity contribution is 6.17. The SMILES string of the molecule is C=C1C(C)=C(OCCCCCCCCCCCCCCCCl)CCC1C. The van der Waals surface area contributed by atoms with Gasteiger partial charge in [-0.2, -0.15) is 0 Å². The molecule has 1 aliphatic carbocycles. The van der Waals surface area contributed by atoms with E-state index in [2.05, 4.69) is 20.4 Å². The van der Waals surface area contributed by atoms with Gasteiger partial charge < -0.3 is 4.74 Å². The van der Waals surface area contributed by atoms with Crippen molar-refractivity contribution in [2.45, 2.75) is 110 Å². The number of alkyl halides is 1. The number of ether oxygens (including phenoxy) is 1. The summed E-state index contributed by atoms with van der Waals surface area (Å²) in [5.74, 6) is 2.66. The largest absolute Gasteiger partial charge is 0.498 e. The fraction of sp³-hybridized carbons (Fsp3) is 0.833. The molecule has 0 saturated heterocycles. The minimum Gasteiger partial charge on any atom is -0.498 e. The van der Waals surface area contributed by atoms with Crippen molar-refractivity contribution in [1.29, 1.82) is 0 Å². The normalized spacial score (nSPS) is 17.8. The highest BCUT2D eigenvalue weighted by atomic mass is 35.5. The Hall–Kier alpha value is -0.430. The lowest BCUT2D eigenvalue weighted by Gasteiger charge is -2.25. The van der Waals surface area contributed by atoms with Crippen molar-refractivity contribution in [2.75, 3.05) is 12.5 Å². The van der Waals surface area contributed by atoms with E-state index >= 15 is 0 Å². The molecule has 0 radical (unpaired) electrons. The number of halogens is 1. The van der Waals surface area contributed by atoms with E-state index in [1.54, 1.807) is 0 Å². The van der Waals surface area contributed by atoms with Crippen LogP contribution in [0.3, 0.4) is 0 Å². The van der Waals surface area contributed by atoms with Crippen molar-refractivity contribution >= 4 is 11.6 Å². The summed E-state index contributed by atoms with van der Waals surface area (Å²) in [6.07, 6.45) is 19.9. The second-order valence-corrected chi connectivity index (χ2v) is 8.52. The molecule has 0 amide bonds. The van der Waals surface area contributed by atoms with Gasteiger partial charge in [0.1, 0.15) is 0 Å². The van der Waals surface area contributed by atoms with Gasteiger partial charge in [-0.1, -0.05) is 84.1 Å². The van der Waals surface area contributed by atoms with E-state index in [1.165, 1.54) is 107 Å². The van der Waals surface area contributed by atoms with Gasteiger partial charge in [-0.15, -0.1) is 11.6 Å². The topological polar surface area (TPSA) is 9.23 Å². The molecule has 0 bridgehead atoms. The molecule has 152 valence electrons. The molecule has 0 aromatic carbocycles. The summed E-state index contributed by atoms with van der Waals surface area (Å²) in [5, 5.41) is 0. The van der Waals surface area contributed by atoms with Crippen LogP contribution in [0.5, 0.6) is 0 Å². The van der Waals surface area contributed by atoms with Crippen LogP contribution in [-0.4, -0.2) is 12.5 Å². The first kappa shape index (κ1) is 23.6. The molecular formula is C24H43ClO. The van der Waals surface area contributed by atoms with Gasteiger partial charge in [0.2, 0.25) is 0 Å². The average molecular weight is 383 g/mol. The Morgan fingerprint density at radius 2 is 1.31 bits per heavy atom. The zero-order chi connectivity index (χ0) is 19.0. The molecule has 0 aromatic heterocycles. The van der Waals surface area contributed by atoms with Gasteiger partial charge in [-0.3, -0.25) is 0 Å². The molecule has 1 unspecified atom stereocenters. The molecule has 0 fully saturated rings. The van der Waals surface area contributed by atoms with Crippen LogP contribution in [0, 0.1) is 5.92 Å². The minimum atomic E-state index is 0.623. The smallest absolute Gasteiger partial charge is 0.0991 e. The summed E-state index contributed by atoms with van der Waals surface area (Å²) >= 11 is 5.69. The van der Waals surface area contributed by atoms with E-state index < -0.39 is 0 Å². The van der Waals surface area contributed by atoms with E-state index in [9.17, 15) is 0 Å². The molecule has 1 aliphatic rings. The van der Waals surface area contributed by atoms with Crippen LogP contribution in [0.4, 0.5) is 0 Å². The van der Waals surface area contributed by atoms with Gasteiger partial charge >= 0.3 is 0 Å². The number of hydrogen-bond donors (Lipinski definition) is 0. The van der Waals surface area contributed by atoms with E-state index in [-0.39, 0.29) is 0 Å². The van der Waals surface area contributed by atoms with Crippen LogP contribution in [-0.2, 0) is 4.74 Å². The van der Waals surface area contributed by atoms with Crippen molar-refractivity contribution in [1.82, 2.24) is 0 Å². The molecule has 2 heteroatoms. The second-order valence-electron chi connectivity index (χ2n) is 8.15. The van der Waals surface area contributed by atoms with Crippen molar-refractivity contribution in [3.05, 3.63) is 23.5 Å². The monoisotopic (exact) mass is 382 g/mol. The number of rotatable bonds is 16. The zero-order valence-electron chi connectivity index (χ0n) is 17.6. The van der Waals surface area contributed by atoms with Crippen molar-refractivity contribution in [2.24, 2.45) is 5.92 Å². The van der Waals surface area contributed by atoms with E-state index in [1.807, 2.05) is 0 Å². The molecule has 1 atom stereocenters. The molecule has 0 N–H and O–H groups in total. The lowest BCUT2D eigenvalue weighted by atomic mass is 9.85. The number of allylic oxidation sites excluding steroid dienone is 3. The lowest BCUT2D eigenvalue weighted by molar-refractivity contribution is 0.185. The first-order chi connectivity index (χ1) is 12.7. The fourth-order valence-electron chi connectivity index (χ4n) is 3.77. The van der Waals surface area contributed by atoms with Crippen molar-refractivity contribution in [3.63, 3.8) is 0 Å². The Morgan fingerprint density at radius 1 is 0.846 bits per heavy atom. The molecule has 0 aliphatic heterocycles. The molecule has 0 aromatic rings. The van der Waals surface area contributed by atoms with E-state index in [0.717, 1.165) is 18.9 Å². The van der Waals surface area contributed by atoms with Crippen LogP contribution in [0.2, 0.25) is 0 Å². The van der Waals surface area contributed by atoms with Gasteiger partial charge in [0, 0.05) is 12.3 Å². The maximum atomic E-state index is 6.03. The van der Waals surface area contributed by atoms with Gasteiger partial charge in [-0.25, -0.2) is 0 Å². The highest BCUT2D eigenvalue weighted by Crippen LogP contribution is 2.33. The van der Waals surface area contributed by atoms with E-state index in [4.69, 9.17) is 16.3 Å². The van der Waals surface area contributed by atoms with E-state index in [0.29, 0.717) is 5.92 Å². The molecule has 1 rings (SSSR count). The zero-order valence-corrected chi connectivity index (χ0v) is 18.3. The summed E-state index contributed by atoms with van der Waals surface area (Å²) in [5.41, 5.74) is 2.59. The quantitative estimate of drug-likeness (QED) is 0.192. The Labute approximate surface area is 168 Å². The minimum absolute atomic E-state index is 0.623. The maximum absolute atomic E-state index is 6.03. The van der Waals surface area contributed by atoms with Gasteiger partial charge in [0.05, 0.1) is 12.4 Å². The van der Waals surface area contributed by atoms with Crippen LogP contribution < -0.4 is 0 Å². The first-order valence-corrected chi connectivity index (χ1v) is 11.8. The Balaban J connectivity index is 1.85. The standard InChI is InChI=1S/C24H43ClO/c1-21-17-18-24(23(3)22(21)2)26-20-16-14-12-10-8-6-4-5-7-9-11-13-15-19-25/h21H,2,4-20H2,1,3H3. The van der Waals surface area contributed by atoms with Gasteiger partial charge in [0.25, 0.3) is 0 Å². The molecule has 0 spiro atoms. The van der Waals surface area contributed by atoms with Gasteiger partial charge in [-0.05, 0) is 43.3 Å². The predicted molar refractivity (Wildman–Crippen MR) is 117 cm³/mol. The third-order valence-electron chi connectivity index (χ3n) is 5.85. The summed E-state index contributed by atoms with van der Waals surface area (Å²) in [6, 6.07) is 0. The fourth-order valence-corrected chi connectivity index (χ4v) is 3.96. The highest BCUT2D eigenvalue weighted by Gasteiger charge is 2.19. The van der Waals surface area contributed by atoms with Crippen molar-refractivity contribution < 1.29 is 4.74 Å². The van der Waals surface area contributed by atoms with Crippen LogP contribution in [0.25, 0.3) is 0 Å². The molecule has 0 heterocycles. The number of hydrogen-bond acceptors (Lipinski definition) is 1. The molecule has 0 saturated carbocycles. The third kappa shape index (κ3) is 10.7.